The van der Waals surface area contributed by atoms with E-state index in [4.69, 9.17) is 0 Å². The van der Waals surface area contributed by atoms with E-state index in [0.717, 1.165) is 5.56 Å². The summed E-state index contributed by atoms with van der Waals surface area (Å²) in [6.07, 6.45) is 0. The quantitative estimate of drug-likeness (QED) is 0.395. The molecule has 1 radical (unpaired) electrons. The molecule has 20 heavy (non-hydrogen) atoms. The first-order valence-electron chi connectivity index (χ1n) is 6.81. The van der Waals surface area contributed by atoms with Crippen LogP contribution < -0.4 is 0 Å². The number of fused-ring (bicyclic) bond motifs is 3. The second-order valence-electron chi connectivity index (χ2n) is 4.99. The van der Waals surface area contributed by atoms with Crippen molar-refractivity contribution in [3.63, 3.8) is 0 Å². The maximum atomic E-state index is 3.59. The third-order valence-electron chi connectivity index (χ3n) is 3.74. The summed E-state index contributed by atoms with van der Waals surface area (Å²) in [6, 6.07) is 31.2. The van der Waals surface area contributed by atoms with Gasteiger partial charge in [-0.15, -0.1) is 0 Å². The normalized spacial score (nSPS) is 11.0. The number of benzene rings is 4. The van der Waals surface area contributed by atoms with Crippen LogP contribution in [0.25, 0.3) is 32.7 Å². The molecule has 0 aliphatic rings. The number of hydrogen-bond acceptors (Lipinski definition) is 0. The lowest BCUT2D eigenvalue weighted by atomic mass is 9.97. The van der Waals surface area contributed by atoms with Gasteiger partial charge in [-0.1, -0.05) is 78.9 Å². The highest BCUT2D eigenvalue weighted by atomic mass is 14.1. The van der Waals surface area contributed by atoms with Crippen LogP contribution in [-0.2, 0) is 0 Å². The minimum atomic E-state index is 1.15. The van der Waals surface area contributed by atoms with Gasteiger partial charge in [0.1, 0.15) is 0 Å². The predicted octanol–water partition coefficient (Wildman–Crippen LogP) is 5.46. The standard InChI is InChI=1S/C20H13/c1-2-6-15(7-3-1)18-13-12-17-11-10-16-8-4-5-9-19(16)20(17)14-18/h1-13H. The zero-order valence-corrected chi connectivity index (χ0v) is 11.0. The molecule has 0 saturated heterocycles. The zero-order valence-electron chi connectivity index (χ0n) is 11.0. The summed E-state index contributed by atoms with van der Waals surface area (Å²) in [5, 5.41) is 4.97. The van der Waals surface area contributed by atoms with Gasteiger partial charge < -0.3 is 0 Å². The summed E-state index contributed by atoms with van der Waals surface area (Å²) in [5.41, 5.74) is 2.36. The Labute approximate surface area is 118 Å². The molecule has 0 heterocycles. The summed E-state index contributed by atoms with van der Waals surface area (Å²) < 4.78 is 0. The fourth-order valence-corrected chi connectivity index (χ4v) is 2.70. The molecule has 0 aromatic heterocycles. The molecule has 4 aromatic rings. The molecule has 0 amide bonds. The van der Waals surface area contributed by atoms with Crippen LogP contribution in [0.2, 0.25) is 0 Å². The Balaban J connectivity index is 2.05. The van der Waals surface area contributed by atoms with Crippen molar-refractivity contribution in [2.24, 2.45) is 0 Å². The van der Waals surface area contributed by atoms with Gasteiger partial charge in [0.2, 0.25) is 0 Å². The number of hydrogen-bond donors (Lipinski definition) is 0. The molecule has 93 valence electrons. The van der Waals surface area contributed by atoms with E-state index in [1.54, 1.807) is 0 Å². The molecular weight excluding hydrogens is 240 g/mol. The van der Waals surface area contributed by atoms with Gasteiger partial charge in [-0.2, -0.15) is 0 Å². The summed E-state index contributed by atoms with van der Waals surface area (Å²) >= 11 is 0. The highest BCUT2D eigenvalue weighted by Gasteiger charge is 2.03. The molecule has 0 bridgehead atoms. The van der Waals surface area contributed by atoms with Crippen LogP contribution in [0.5, 0.6) is 0 Å². The lowest BCUT2D eigenvalue weighted by Gasteiger charge is -2.06. The average molecular weight is 253 g/mol. The SMILES string of the molecule is [c]1c(-c2ccccc2)ccc2ccc3ccccc3c12. The van der Waals surface area contributed by atoms with E-state index in [-0.39, 0.29) is 0 Å². The Morgan fingerprint density at radius 1 is 0.550 bits per heavy atom. The molecule has 0 atom stereocenters. The molecule has 0 unspecified atom stereocenters. The first-order valence-corrected chi connectivity index (χ1v) is 6.81. The van der Waals surface area contributed by atoms with E-state index in [0.29, 0.717) is 0 Å². The van der Waals surface area contributed by atoms with E-state index in [1.165, 1.54) is 27.1 Å². The van der Waals surface area contributed by atoms with Gasteiger partial charge >= 0.3 is 0 Å². The molecule has 0 heteroatoms. The zero-order chi connectivity index (χ0) is 13.4. The molecule has 0 fully saturated rings. The van der Waals surface area contributed by atoms with Gasteiger partial charge in [-0.3, -0.25) is 0 Å². The largest absolute Gasteiger partial charge is 0.0622 e. The molecule has 4 aromatic carbocycles. The summed E-state index contributed by atoms with van der Waals surface area (Å²) in [7, 11) is 0. The van der Waals surface area contributed by atoms with Crippen LogP contribution in [0.4, 0.5) is 0 Å². The van der Waals surface area contributed by atoms with E-state index < -0.39 is 0 Å². The van der Waals surface area contributed by atoms with Gasteiger partial charge in [0, 0.05) is 0 Å². The van der Waals surface area contributed by atoms with Crippen LogP contribution >= 0.6 is 0 Å². The van der Waals surface area contributed by atoms with Gasteiger partial charge in [0.15, 0.2) is 0 Å². The lowest BCUT2D eigenvalue weighted by molar-refractivity contribution is 1.64. The fourth-order valence-electron chi connectivity index (χ4n) is 2.70. The third kappa shape index (κ3) is 1.78. The van der Waals surface area contributed by atoms with E-state index >= 15 is 0 Å². The maximum absolute atomic E-state index is 3.59. The van der Waals surface area contributed by atoms with Crippen molar-refractivity contribution in [3.8, 4) is 11.1 Å². The monoisotopic (exact) mass is 253 g/mol. The summed E-state index contributed by atoms with van der Waals surface area (Å²) in [5.74, 6) is 0. The highest BCUT2D eigenvalue weighted by Crippen LogP contribution is 2.29. The molecule has 0 aliphatic heterocycles. The number of rotatable bonds is 1. The van der Waals surface area contributed by atoms with Crippen LogP contribution in [0.3, 0.4) is 0 Å². The minimum absolute atomic E-state index is 1.15. The molecule has 4 rings (SSSR count). The van der Waals surface area contributed by atoms with Crippen molar-refractivity contribution in [2.45, 2.75) is 0 Å². The van der Waals surface area contributed by atoms with Crippen LogP contribution in [0, 0.1) is 6.07 Å². The van der Waals surface area contributed by atoms with Crippen molar-refractivity contribution < 1.29 is 0 Å². The van der Waals surface area contributed by atoms with Gasteiger partial charge in [-0.25, -0.2) is 0 Å². The second kappa shape index (κ2) is 4.50. The highest BCUT2D eigenvalue weighted by molar-refractivity contribution is 6.08. The van der Waals surface area contributed by atoms with Crippen molar-refractivity contribution in [2.75, 3.05) is 0 Å². The fraction of sp³-hybridized carbons (Fsp3) is 0. The van der Waals surface area contributed by atoms with Gasteiger partial charge in [0.25, 0.3) is 0 Å². The Bertz CT molecular complexity index is 889. The first-order chi connectivity index (χ1) is 9.92. The maximum Gasteiger partial charge on any atom is -0.000786 e. The van der Waals surface area contributed by atoms with Crippen molar-refractivity contribution in [1.29, 1.82) is 0 Å². The molecule has 0 spiro atoms. The van der Waals surface area contributed by atoms with Crippen molar-refractivity contribution >= 4 is 21.5 Å². The molecule has 0 aliphatic carbocycles. The third-order valence-corrected chi connectivity index (χ3v) is 3.74. The van der Waals surface area contributed by atoms with Crippen LogP contribution in [0.1, 0.15) is 0 Å². The molecular formula is C20H13. The Morgan fingerprint density at radius 3 is 2.15 bits per heavy atom. The van der Waals surface area contributed by atoms with E-state index in [9.17, 15) is 0 Å². The smallest absolute Gasteiger partial charge is 0.000786 e. The first kappa shape index (κ1) is 11.2. The summed E-state index contributed by atoms with van der Waals surface area (Å²) in [6.45, 7) is 0. The topological polar surface area (TPSA) is 0 Å². The minimum Gasteiger partial charge on any atom is -0.0622 e. The molecule has 0 N–H and O–H groups in total. The van der Waals surface area contributed by atoms with Crippen LogP contribution in [0.15, 0.2) is 78.9 Å². The Morgan fingerprint density at radius 2 is 1.25 bits per heavy atom. The van der Waals surface area contributed by atoms with Gasteiger partial charge in [-0.05, 0) is 38.7 Å². The Kier molecular flexibility index (Phi) is 2.53. The van der Waals surface area contributed by atoms with Crippen LogP contribution in [-0.4, -0.2) is 0 Å². The van der Waals surface area contributed by atoms with Gasteiger partial charge in [0.05, 0.1) is 0 Å². The Hall–Kier alpha value is -2.60. The summed E-state index contributed by atoms with van der Waals surface area (Å²) in [4.78, 5) is 0. The molecule has 0 saturated carbocycles. The molecule has 0 nitrogen and oxygen atoms in total. The predicted molar refractivity (Wildman–Crippen MR) is 85.7 cm³/mol. The second-order valence-corrected chi connectivity index (χ2v) is 4.99. The van der Waals surface area contributed by atoms with Crippen molar-refractivity contribution in [1.82, 2.24) is 0 Å². The van der Waals surface area contributed by atoms with E-state index in [2.05, 4.69) is 78.9 Å². The lowest BCUT2D eigenvalue weighted by Crippen LogP contribution is -1.81. The average Bonchev–Trinajstić information content (AvgIpc) is 2.55. The van der Waals surface area contributed by atoms with Crippen molar-refractivity contribution in [3.05, 3.63) is 84.9 Å². The van der Waals surface area contributed by atoms with E-state index in [1.807, 2.05) is 6.07 Å².